The van der Waals surface area contributed by atoms with Crippen molar-refractivity contribution in [2.75, 3.05) is 6.61 Å². The molecule has 0 saturated carbocycles. The maximum Gasteiger partial charge on any atom is 0.347 e. The lowest BCUT2D eigenvalue weighted by molar-refractivity contribution is -0.150. The predicted octanol–water partition coefficient (Wildman–Crippen LogP) is 4.68. The van der Waals surface area contributed by atoms with Crippen LogP contribution in [0, 0.1) is 0 Å². The maximum absolute atomic E-state index is 12.6. The number of rotatable bonds is 6. The fourth-order valence-electron chi connectivity index (χ4n) is 2.38. The molecule has 27 heavy (non-hydrogen) atoms. The van der Waals surface area contributed by atoms with Gasteiger partial charge in [-0.1, -0.05) is 15.9 Å². The van der Waals surface area contributed by atoms with Crippen molar-refractivity contribution in [3.8, 4) is 17.2 Å². The van der Waals surface area contributed by atoms with Crippen LogP contribution >= 0.6 is 15.9 Å². The standard InChI is InChI=1S/C20H17BrO6/c1-3-24-20(23)12(2)26-15-8-9-16-17(10-15)25-11-18(19(16)22)27-14-6-4-13(21)5-7-14/h4-12H,3H2,1-2H3. The minimum atomic E-state index is -0.769. The summed E-state index contributed by atoms with van der Waals surface area (Å²) >= 11 is 3.34. The van der Waals surface area contributed by atoms with Gasteiger partial charge in [-0.3, -0.25) is 4.79 Å². The molecule has 0 N–H and O–H groups in total. The molecule has 1 unspecified atom stereocenters. The molecule has 1 aromatic heterocycles. The molecule has 6 nitrogen and oxygen atoms in total. The molecule has 1 heterocycles. The highest BCUT2D eigenvalue weighted by Crippen LogP contribution is 2.25. The van der Waals surface area contributed by atoms with Gasteiger partial charge in [-0.2, -0.15) is 0 Å². The summed E-state index contributed by atoms with van der Waals surface area (Å²) in [6.45, 7) is 3.59. The molecule has 3 rings (SSSR count). The van der Waals surface area contributed by atoms with Gasteiger partial charge in [-0.25, -0.2) is 4.79 Å². The van der Waals surface area contributed by atoms with Crippen LogP contribution < -0.4 is 14.9 Å². The molecule has 3 aromatic rings. The molecule has 0 spiro atoms. The van der Waals surface area contributed by atoms with Crippen LogP contribution in [0.25, 0.3) is 11.0 Å². The first-order valence-corrected chi connectivity index (χ1v) is 9.09. The highest BCUT2D eigenvalue weighted by atomic mass is 79.9. The normalized spacial score (nSPS) is 11.8. The second-order valence-electron chi connectivity index (χ2n) is 5.66. The highest BCUT2D eigenvalue weighted by Gasteiger charge is 2.17. The summed E-state index contributed by atoms with van der Waals surface area (Å²) in [5.41, 5.74) is 0.0286. The molecular formula is C20H17BrO6. The van der Waals surface area contributed by atoms with Crippen LogP contribution in [0.4, 0.5) is 0 Å². The van der Waals surface area contributed by atoms with Crippen molar-refractivity contribution in [3.05, 3.63) is 63.4 Å². The molecule has 0 fully saturated rings. The summed E-state index contributed by atoms with van der Waals surface area (Å²) in [7, 11) is 0. The summed E-state index contributed by atoms with van der Waals surface area (Å²) in [4.78, 5) is 24.3. The van der Waals surface area contributed by atoms with Crippen LogP contribution in [-0.4, -0.2) is 18.7 Å². The quantitative estimate of drug-likeness (QED) is 0.526. The van der Waals surface area contributed by atoms with E-state index in [-0.39, 0.29) is 17.8 Å². The number of hydrogen-bond acceptors (Lipinski definition) is 6. The summed E-state index contributed by atoms with van der Waals surface area (Å²) in [5.74, 6) is 0.538. The molecule has 1 atom stereocenters. The number of hydrogen-bond donors (Lipinski definition) is 0. The monoisotopic (exact) mass is 432 g/mol. The van der Waals surface area contributed by atoms with Gasteiger partial charge in [-0.15, -0.1) is 0 Å². The minimum Gasteiger partial charge on any atom is -0.479 e. The number of benzene rings is 2. The van der Waals surface area contributed by atoms with Crippen LogP contribution in [0.15, 0.2) is 62.4 Å². The summed E-state index contributed by atoms with van der Waals surface area (Å²) < 4.78 is 22.5. The molecule has 0 aliphatic rings. The van der Waals surface area contributed by atoms with E-state index >= 15 is 0 Å². The Morgan fingerprint density at radius 1 is 1.15 bits per heavy atom. The summed E-state index contributed by atoms with van der Waals surface area (Å²) in [6.07, 6.45) is 0.486. The van der Waals surface area contributed by atoms with Crippen molar-refractivity contribution in [1.82, 2.24) is 0 Å². The van der Waals surface area contributed by atoms with Crippen molar-refractivity contribution in [2.24, 2.45) is 0 Å². The van der Waals surface area contributed by atoms with E-state index in [1.165, 1.54) is 6.26 Å². The van der Waals surface area contributed by atoms with E-state index in [1.54, 1.807) is 44.2 Å². The summed E-state index contributed by atoms with van der Waals surface area (Å²) in [6, 6.07) is 11.8. The molecule has 0 bridgehead atoms. The Bertz CT molecular complexity index is 1010. The van der Waals surface area contributed by atoms with Gasteiger partial charge in [0.1, 0.15) is 23.3 Å². The minimum absolute atomic E-state index is 0.0818. The Morgan fingerprint density at radius 3 is 2.56 bits per heavy atom. The number of esters is 1. The van der Waals surface area contributed by atoms with Gasteiger partial charge in [0.05, 0.1) is 12.0 Å². The predicted molar refractivity (Wildman–Crippen MR) is 103 cm³/mol. The third-order valence-electron chi connectivity index (χ3n) is 3.69. The Balaban J connectivity index is 1.83. The third kappa shape index (κ3) is 4.49. The van der Waals surface area contributed by atoms with Gasteiger partial charge in [0.25, 0.3) is 0 Å². The van der Waals surface area contributed by atoms with Crippen molar-refractivity contribution in [2.45, 2.75) is 20.0 Å². The van der Waals surface area contributed by atoms with E-state index in [1.807, 2.05) is 12.1 Å². The molecule has 140 valence electrons. The molecule has 0 aliphatic carbocycles. The first-order chi connectivity index (χ1) is 13.0. The lowest BCUT2D eigenvalue weighted by Gasteiger charge is -2.13. The van der Waals surface area contributed by atoms with E-state index in [4.69, 9.17) is 18.6 Å². The Hall–Kier alpha value is -2.80. The van der Waals surface area contributed by atoms with E-state index in [0.29, 0.717) is 22.5 Å². The van der Waals surface area contributed by atoms with Crippen LogP contribution in [-0.2, 0) is 9.53 Å². The van der Waals surface area contributed by atoms with Crippen molar-refractivity contribution >= 4 is 32.9 Å². The Kier molecular flexibility index (Phi) is 5.81. The average Bonchev–Trinajstić information content (AvgIpc) is 2.66. The zero-order valence-corrected chi connectivity index (χ0v) is 16.3. The second kappa shape index (κ2) is 8.26. The molecule has 2 aromatic carbocycles. The molecular weight excluding hydrogens is 416 g/mol. The SMILES string of the molecule is CCOC(=O)C(C)Oc1ccc2c(=O)c(Oc3ccc(Br)cc3)coc2c1. The summed E-state index contributed by atoms with van der Waals surface area (Å²) in [5, 5.41) is 0.348. The van der Waals surface area contributed by atoms with Crippen LogP contribution in [0.1, 0.15) is 13.8 Å². The number of halogens is 1. The molecule has 0 aliphatic heterocycles. The van der Waals surface area contributed by atoms with Gasteiger partial charge in [0.15, 0.2) is 6.10 Å². The zero-order chi connectivity index (χ0) is 19.4. The highest BCUT2D eigenvalue weighted by molar-refractivity contribution is 9.10. The van der Waals surface area contributed by atoms with Gasteiger partial charge in [-0.05, 0) is 50.2 Å². The Morgan fingerprint density at radius 2 is 1.85 bits per heavy atom. The first kappa shape index (κ1) is 19.0. The first-order valence-electron chi connectivity index (χ1n) is 8.30. The zero-order valence-electron chi connectivity index (χ0n) is 14.7. The van der Waals surface area contributed by atoms with Gasteiger partial charge < -0.3 is 18.6 Å². The van der Waals surface area contributed by atoms with E-state index in [0.717, 1.165) is 4.47 Å². The lowest BCUT2D eigenvalue weighted by Crippen LogP contribution is -2.26. The van der Waals surface area contributed by atoms with E-state index < -0.39 is 12.1 Å². The van der Waals surface area contributed by atoms with Crippen molar-refractivity contribution in [1.29, 1.82) is 0 Å². The molecule has 0 saturated heterocycles. The maximum atomic E-state index is 12.6. The fourth-order valence-corrected chi connectivity index (χ4v) is 2.64. The molecule has 7 heteroatoms. The Labute approximate surface area is 163 Å². The third-order valence-corrected chi connectivity index (χ3v) is 4.22. The van der Waals surface area contributed by atoms with Crippen molar-refractivity contribution in [3.63, 3.8) is 0 Å². The number of carbonyl (C=O) groups excluding carboxylic acids is 1. The number of carbonyl (C=O) groups is 1. The second-order valence-corrected chi connectivity index (χ2v) is 6.57. The van der Waals surface area contributed by atoms with Gasteiger partial charge in [0.2, 0.25) is 11.2 Å². The van der Waals surface area contributed by atoms with Crippen LogP contribution in [0.2, 0.25) is 0 Å². The number of fused-ring (bicyclic) bond motifs is 1. The van der Waals surface area contributed by atoms with Crippen LogP contribution in [0.5, 0.6) is 17.2 Å². The van der Waals surface area contributed by atoms with Gasteiger partial charge >= 0.3 is 5.97 Å². The van der Waals surface area contributed by atoms with Crippen molar-refractivity contribution < 1.29 is 23.4 Å². The topological polar surface area (TPSA) is 75.0 Å². The average molecular weight is 433 g/mol. The van der Waals surface area contributed by atoms with Crippen LogP contribution in [0.3, 0.4) is 0 Å². The number of ether oxygens (including phenoxy) is 3. The van der Waals surface area contributed by atoms with E-state index in [9.17, 15) is 9.59 Å². The lowest BCUT2D eigenvalue weighted by atomic mass is 10.2. The van der Waals surface area contributed by atoms with E-state index in [2.05, 4.69) is 15.9 Å². The largest absolute Gasteiger partial charge is 0.479 e. The smallest absolute Gasteiger partial charge is 0.347 e. The van der Waals surface area contributed by atoms with Gasteiger partial charge in [0, 0.05) is 10.5 Å². The molecule has 0 radical (unpaired) electrons. The molecule has 0 amide bonds. The fraction of sp³-hybridized carbons (Fsp3) is 0.200.